The van der Waals surface area contributed by atoms with Gasteiger partial charge >= 0.3 is 6.09 Å². The van der Waals surface area contributed by atoms with E-state index >= 15 is 0 Å². The maximum atomic E-state index is 13.3. The van der Waals surface area contributed by atoms with E-state index in [0.29, 0.717) is 16.9 Å². The first-order valence-corrected chi connectivity index (χ1v) is 11.0. The zero-order chi connectivity index (χ0) is 24.1. The van der Waals surface area contributed by atoms with Gasteiger partial charge in [0.05, 0.1) is 18.8 Å². The van der Waals surface area contributed by atoms with Gasteiger partial charge in [-0.15, -0.1) is 0 Å². The number of ether oxygens (including phenoxy) is 1. The van der Waals surface area contributed by atoms with E-state index in [-0.39, 0.29) is 24.9 Å². The highest BCUT2D eigenvalue weighted by atomic mass is 16.6. The average molecular weight is 459 g/mol. The molecule has 0 saturated carbocycles. The van der Waals surface area contributed by atoms with Crippen LogP contribution in [0.25, 0.3) is 0 Å². The van der Waals surface area contributed by atoms with Crippen LogP contribution >= 0.6 is 0 Å². The Morgan fingerprint density at radius 1 is 1.03 bits per heavy atom. The molecule has 4 rings (SSSR count). The van der Waals surface area contributed by atoms with Crippen LogP contribution in [0.1, 0.15) is 35.4 Å². The maximum absolute atomic E-state index is 13.3. The van der Waals surface area contributed by atoms with Crippen molar-refractivity contribution in [3.05, 3.63) is 95.3 Å². The zero-order valence-corrected chi connectivity index (χ0v) is 19.0. The molecule has 8 nitrogen and oxygen atoms in total. The third-order valence-corrected chi connectivity index (χ3v) is 5.56. The molecule has 1 saturated heterocycles. The molecule has 1 aromatic heterocycles. The fourth-order valence-corrected chi connectivity index (χ4v) is 3.84. The molecule has 2 atom stereocenters. The summed E-state index contributed by atoms with van der Waals surface area (Å²) in [6.07, 6.45) is 0.301. The number of hydrogen-bond donors (Lipinski definition) is 2. The summed E-state index contributed by atoms with van der Waals surface area (Å²) < 4.78 is 5.69. The molecule has 1 aliphatic rings. The van der Waals surface area contributed by atoms with Crippen molar-refractivity contribution in [3.63, 3.8) is 0 Å². The van der Waals surface area contributed by atoms with E-state index in [9.17, 15) is 14.4 Å². The summed E-state index contributed by atoms with van der Waals surface area (Å²) in [4.78, 5) is 43.2. The highest BCUT2D eigenvalue weighted by molar-refractivity contribution is 5.90. The van der Waals surface area contributed by atoms with Crippen molar-refractivity contribution in [2.45, 2.75) is 39.1 Å². The Hall–Kier alpha value is -4.20. The van der Waals surface area contributed by atoms with Gasteiger partial charge in [0, 0.05) is 18.8 Å². The predicted octanol–water partition coefficient (Wildman–Crippen LogP) is 3.73. The van der Waals surface area contributed by atoms with Gasteiger partial charge in [0.25, 0.3) is 0 Å². The summed E-state index contributed by atoms with van der Waals surface area (Å²) in [6.45, 7) is 3.89. The number of anilines is 1. The van der Waals surface area contributed by atoms with Gasteiger partial charge in [-0.2, -0.15) is 0 Å². The summed E-state index contributed by atoms with van der Waals surface area (Å²) >= 11 is 0. The fraction of sp³-hybridized carbons (Fsp3) is 0.231. The molecule has 2 aromatic carbocycles. The van der Waals surface area contributed by atoms with Crippen LogP contribution in [-0.4, -0.2) is 33.8 Å². The molecule has 0 radical (unpaired) electrons. The Balaban J connectivity index is 1.59. The number of rotatable bonds is 7. The molecule has 3 amide bonds. The number of hydrogen-bond acceptors (Lipinski definition) is 5. The second-order valence-electron chi connectivity index (χ2n) is 8.20. The summed E-state index contributed by atoms with van der Waals surface area (Å²) in [6, 6.07) is 19.3. The van der Waals surface area contributed by atoms with E-state index in [4.69, 9.17) is 4.74 Å². The SMILES string of the molecule is CC(=O)Nc1ccc([C@@H]2OC(=O)N(Cc3ccc(C)cc3)[C@H]2C(=O)NCc2ccccn2)cc1. The van der Waals surface area contributed by atoms with Crippen LogP contribution in [0.4, 0.5) is 10.5 Å². The molecule has 8 heteroatoms. The number of cyclic esters (lactones) is 1. The summed E-state index contributed by atoms with van der Waals surface area (Å²) in [7, 11) is 0. The largest absolute Gasteiger partial charge is 0.438 e. The molecule has 34 heavy (non-hydrogen) atoms. The van der Waals surface area contributed by atoms with Crippen molar-refractivity contribution in [2.24, 2.45) is 0 Å². The van der Waals surface area contributed by atoms with Crippen LogP contribution in [0.5, 0.6) is 0 Å². The van der Waals surface area contributed by atoms with Crippen molar-refractivity contribution >= 4 is 23.6 Å². The van der Waals surface area contributed by atoms with Gasteiger partial charge in [-0.25, -0.2) is 4.79 Å². The Morgan fingerprint density at radius 3 is 2.41 bits per heavy atom. The van der Waals surface area contributed by atoms with Crippen LogP contribution in [0.3, 0.4) is 0 Å². The van der Waals surface area contributed by atoms with Crippen LogP contribution in [0.15, 0.2) is 72.9 Å². The Kier molecular flexibility index (Phi) is 6.87. The molecule has 2 N–H and O–H groups in total. The molecule has 3 aromatic rings. The number of carbonyl (C=O) groups is 3. The topological polar surface area (TPSA) is 101 Å². The highest BCUT2D eigenvalue weighted by Gasteiger charge is 2.46. The first-order valence-electron chi connectivity index (χ1n) is 11.0. The number of nitrogens with one attached hydrogen (secondary N) is 2. The van der Waals surface area contributed by atoms with Gasteiger partial charge in [0.15, 0.2) is 12.1 Å². The predicted molar refractivity (Wildman–Crippen MR) is 127 cm³/mol. The molecule has 0 unspecified atom stereocenters. The first-order chi connectivity index (χ1) is 16.4. The monoisotopic (exact) mass is 458 g/mol. The molecular weight excluding hydrogens is 432 g/mol. The van der Waals surface area contributed by atoms with Crippen LogP contribution in [-0.2, 0) is 27.4 Å². The molecule has 1 fully saturated rings. The minimum atomic E-state index is -0.871. The van der Waals surface area contributed by atoms with Gasteiger partial charge in [-0.1, -0.05) is 48.0 Å². The van der Waals surface area contributed by atoms with E-state index in [0.717, 1.165) is 11.1 Å². The number of amides is 3. The average Bonchev–Trinajstić information content (AvgIpc) is 3.15. The number of benzene rings is 2. The minimum absolute atomic E-state index is 0.184. The van der Waals surface area contributed by atoms with E-state index < -0.39 is 18.2 Å². The van der Waals surface area contributed by atoms with Crippen molar-refractivity contribution in [1.82, 2.24) is 15.2 Å². The second kappa shape index (κ2) is 10.2. The van der Waals surface area contributed by atoms with Crippen molar-refractivity contribution in [3.8, 4) is 0 Å². The Morgan fingerprint density at radius 2 is 1.76 bits per heavy atom. The molecule has 0 bridgehead atoms. The minimum Gasteiger partial charge on any atom is -0.438 e. The molecule has 1 aliphatic heterocycles. The maximum Gasteiger partial charge on any atom is 0.411 e. The molecule has 0 spiro atoms. The summed E-state index contributed by atoms with van der Waals surface area (Å²) in [5.41, 5.74) is 3.99. The lowest BCUT2D eigenvalue weighted by Crippen LogP contribution is -2.46. The molecular formula is C26H26N4O4. The Bertz CT molecular complexity index is 1160. The second-order valence-corrected chi connectivity index (χ2v) is 8.20. The fourth-order valence-electron chi connectivity index (χ4n) is 3.84. The van der Waals surface area contributed by atoms with Gasteiger partial charge in [0.2, 0.25) is 11.8 Å². The van der Waals surface area contributed by atoms with E-state index in [2.05, 4.69) is 15.6 Å². The third kappa shape index (κ3) is 5.40. The van der Waals surface area contributed by atoms with Crippen LogP contribution in [0, 0.1) is 6.92 Å². The summed E-state index contributed by atoms with van der Waals surface area (Å²) in [5.74, 6) is -0.518. The van der Waals surface area contributed by atoms with E-state index in [1.165, 1.54) is 11.8 Å². The standard InChI is InChI=1S/C26H26N4O4/c1-17-6-8-19(9-7-17)16-30-23(25(32)28-15-22-5-3-4-14-27-22)24(34-26(30)33)20-10-12-21(13-11-20)29-18(2)31/h3-14,23-24H,15-16H2,1-2H3,(H,28,32)(H,29,31)/t23-,24+/m1/s1. The highest BCUT2D eigenvalue weighted by Crippen LogP contribution is 2.34. The van der Waals surface area contributed by atoms with E-state index in [1.807, 2.05) is 43.3 Å². The molecule has 0 aliphatic carbocycles. The Labute approximate surface area is 198 Å². The van der Waals surface area contributed by atoms with Gasteiger partial charge in [-0.05, 0) is 42.3 Å². The van der Waals surface area contributed by atoms with Gasteiger partial charge in [-0.3, -0.25) is 19.5 Å². The number of pyridine rings is 1. The van der Waals surface area contributed by atoms with Crippen molar-refractivity contribution in [2.75, 3.05) is 5.32 Å². The summed E-state index contributed by atoms with van der Waals surface area (Å²) in [5, 5.41) is 5.60. The number of aromatic nitrogens is 1. The number of aryl methyl sites for hydroxylation is 1. The van der Waals surface area contributed by atoms with Gasteiger partial charge < -0.3 is 15.4 Å². The van der Waals surface area contributed by atoms with Crippen molar-refractivity contribution in [1.29, 1.82) is 0 Å². The lowest BCUT2D eigenvalue weighted by Gasteiger charge is -2.24. The third-order valence-electron chi connectivity index (χ3n) is 5.56. The smallest absolute Gasteiger partial charge is 0.411 e. The van der Waals surface area contributed by atoms with E-state index in [1.54, 1.807) is 36.5 Å². The molecule has 174 valence electrons. The van der Waals surface area contributed by atoms with Crippen LogP contribution in [0.2, 0.25) is 0 Å². The number of carbonyl (C=O) groups excluding carboxylic acids is 3. The normalized spacial score (nSPS) is 17.2. The zero-order valence-electron chi connectivity index (χ0n) is 19.0. The lowest BCUT2D eigenvalue weighted by molar-refractivity contribution is -0.126. The van der Waals surface area contributed by atoms with Crippen LogP contribution < -0.4 is 10.6 Å². The number of nitrogens with zero attached hydrogens (tertiary/aromatic N) is 2. The first kappa shape index (κ1) is 23.0. The van der Waals surface area contributed by atoms with Gasteiger partial charge in [0.1, 0.15) is 0 Å². The quantitative estimate of drug-likeness (QED) is 0.562. The van der Waals surface area contributed by atoms with Crippen molar-refractivity contribution < 1.29 is 19.1 Å². The lowest BCUT2D eigenvalue weighted by atomic mass is 10.00. The molecule has 2 heterocycles.